The highest BCUT2D eigenvalue weighted by Gasteiger charge is 1.94. The van der Waals surface area contributed by atoms with E-state index in [1.165, 1.54) is 0 Å². The van der Waals surface area contributed by atoms with Gasteiger partial charge in [0.05, 0.1) is 18.8 Å². The van der Waals surface area contributed by atoms with Crippen LogP contribution in [0, 0.1) is 0 Å². The highest BCUT2D eigenvalue weighted by molar-refractivity contribution is 5.12. The summed E-state index contributed by atoms with van der Waals surface area (Å²) in [5, 5.41) is 8.54. The number of hydrogen-bond donors (Lipinski definition) is 1. The normalized spacial score (nSPS) is 10.1. The Kier molecular flexibility index (Phi) is 7.96. The summed E-state index contributed by atoms with van der Waals surface area (Å²) >= 11 is 0. The molecule has 1 rings (SSSR count). The lowest BCUT2D eigenvalue weighted by molar-refractivity contribution is 0.0300. The van der Waals surface area contributed by atoms with Crippen LogP contribution in [0.3, 0.4) is 0 Å². The molecule has 0 aliphatic carbocycles. The highest BCUT2D eigenvalue weighted by atomic mass is 16.5. The summed E-state index contributed by atoms with van der Waals surface area (Å²) in [6.07, 6.45) is 0.750. The molecule has 0 atom stereocenters. The molecule has 0 aliphatic heterocycles. The second-order valence-electron chi connectivity index (χ2n) is 3.88. The lowest BCUT2D eigenvalue weighted by Crippen LogP contribution is -2.09. The third kappa shape index (κ3) is 9.44. The van der Waals surface area contributed by atoms with Gasteiger partial charge in [-0.25, -0.2) is 0 Å². The molecule has 0 spiro atoms. The van der Waals surface area contributed by atoms with Gasteiger partial charge in [0.25, 0.3) is 0 Å². The van der Waals surface area contributed by atoms with Crippen LogP contribution in [0.2, 0.25) is 0 Å². The molecule has 2 heteroatoms. The quantitative estimate of drug-likeness (QED) is 0.831. The van der Waals surface area contributed by atoms with E-state index in [0.29, 0.717) is 12.2 Å². The molecule has 86 valence electrons. The fraction of sp³-hybridized carbons (Fsp3) is 0.538. The van der Waals surface area contributed by atoms with Gasteiger partial charge in [0.2, 0.25) is 0 Å². The number of benzene rings is 1. The zero-order chi connectivity index (χ0) is 11.7. The summed E-state index contributed by atoms with van der Waals surface area (Å²) in [7, 11) is 0. The molecule has 0 radical (unpaired) electrons. The highest BCUT2D eigenvalue weighted by Crippen LogP contribution is 1.95. The Bertz CT molecular complexity index is 224. The second-order valence-corrected chi connectivity index (χ2v) is 3.88. The Labute approximate surface area is 92.9 Å². The minimum atomic E-state index is 0.140. The van der Waals surface area contributed by atoms with Crippen molar-refractivity contribution >= 4 is 0 Å². The van der Waals surface area contributed by atoms with Crippen LogP contribution >= 0.6 is 0 Å². The predicted molar refractivity (Wildman–Crippen MR) is 63.7 cm³/mol. The van der Waals surface area contributed by atoms with Crippen molar-refractivity contribution in [2.24, 2.45) is 0 Å². The van der Waals surface area contributed by atoms with E-state index in [1.54, 1.807) is 0 Å². The average Bonchev–Trinajstić information content (AvgIpc) is 2.18. The molecule has 1 aromatic rings. The largest absolute Gasteiger partial charge is 0.392 e. The van der Waals surface area contributed by atoms with Gasteiger partial charge >= 0.3 is 0 Å². The lowest BCUT2D eigenvalue weighted by Gasteiger charge is -2.09. The van der Waals surface area contributed by atoms with Crippen molar-refractivity contribution in [3.63, 3.8) is 0 Å². The van der Waals surface area contributed by atoms with Crippen molar-refractivity contribution in [2.75, 3.05) is 0 Å². The lowest BCUT2D eigenvalue weighted by atomic mass is 10.2. The molecule has 0 amide bonds. The van der Waals surface area contributed by atoms with E-state index >= 15 is 0 Å². The third-order valence-electron chi connectivity index (χ3n) is 1.57. The summed E-state index contributed by atoms with van der Waals surface area (Å²) in [5.74, 6) is 0. The summed E-state index contributed by atoms with van der Waals surface area (Å²) in [5.41, 5.74) is 0.965. The predicted octanol–water partition coefficient (Wildman–Crippen LogP) is 3.00. The molecule has 0 heterocycles. The van der Waals surface area contributed by atoms with Crippen LogP contribution in [-0.4, -0.2) is 17.3 Å². The van der Waals surface area contributed by atoms with Crippen molar-refractivity contribution in [1.29, 1.82) is 0 Å². The molecular weight excluding hydrogens is 188 g/mol. The molecule has 15 heavy (non-hydrogen) atoms. The summed E-state index contributed by atoms with van der Waals surface area (Å²) < 4.78 is 5.25. The first-order valence-corrected chi connectivity index (χ1v) is 5.36. The molecule has 0 saturated heterocycles. The van der Waals surface area contributed by atoms with E-state index in [1.807, 2.05) is 58.0 Å². The molecule has 2 nitrogen and oxygen atoms in total. The van der Waals surface area contributed by atoms with E-state index < -0.39 is 0 Å². The first kappa shape index (κ1) is 14.1. The number of rotatable bonds is 3. The van der Waals surface area contributed by atoms with Crippen LogP contribution in [0.4, 0.5) is 0 Å². The maximum atomic E-state index is 8.54. The van der Waals surface area contributed by atoms with Crippen molar-refractivity contribution < 1.29 is 9.84 Å². The topological polar surface area (TPSA) is 29.5 Å². The van der Waals surface area contributed by atoms with Gasteiger partial charge in [-0.15, -0.1) is 0 Å². The third-order valence-corrected chi connectivity index (χ3v) is 1.57. The van der Waals surface area contributed by atoms with E-state index in [2.05, 4.69) is 0 Å². The van der Waals surface area contributed by atoms with Crippen molar-refractivity contribution in [1.82, 2.24) is 0 Å². The monoisotopic (exact) mass is 210 g/mol. The fourth-order valence-electron chi connectivity index (χ4n) is 1.13. The van der Waals surface area contributed by atoms with Crippen molar-refractivity contribution in [3.8, 4) is 0 Å². The van der Waals surface area contributed by atoms with Crippen molar-refractivity contribution in [2.45, 2.75) is 46.5 Å². The molecule has 0 fully saturated rings. The van der Waals surface area contributed by atoms with Gasteiger partial charge in [0.1, 0.15) is 0 Å². The van der Waals surface area contributed by atoms with Gasteiger partial charge in [0.15, 0.2) is 0 Å². The average molecular weight is 210 g/mol. The number of aliphatic hydroxyl groups is 1. The van der Waals surface area contributed by atoms with Crippen LogP contribution in [0.5, 0.6) is 0 Å². The van der Waals surface area contributed by atoms with Gasteiger partial charge in [-0.3, -0.25) is 0 Å². The first-order chi connectivity index (χ1) is 7.06. The van der Waals surface area contributed by atoms with Gasteiger partial charge in [-0.2, -0.15) is 0 Å². The Morgan fingerprint density at radius 2 is 1.47 bits per heavy atom. The number of hydrogen-bond acceptors (Lipinski definition) is 2. The maximum absolute atomic E-state index is 8.54. The Morgan fingerprint density at radius 1 is 1.00 bits per heavy atom. The van der Waals surface area contributed by atoms with Gasteiger partial charge in [-0.1, -0.05) is 30.3 Å². The molecule has 0 aliphatic rings. The van der Waals surface area contributed by atoms with Crippen molar-refractivity contribution in [3.05, 3.63) is 35.9 Å². The molecule has 0 aromatic heterocycles. The smallest absolute Gasteiger partial charge is 0.0681 e. The molecule has 0 unspecified atom stereocenters. The van der Waals surface area contributed by atoms with Gasteiger partial charge in [0, 0.05) is 0 Å². The first-order valence-electron chi connectivity index (χ1n) is 5.36. The van der Waals surface area contributed by atoms with Gasteiger partial charge in [-0.05, 0) is 33.3 Å². The SMILES string of the molecule is CC(C)OC(C)C.OCc1ccccc1. The molecule has 1 aromatic carbocycles. The van der Waals surface area contributed by atoms with E-state index in [9.17, 15) is 0 Å². The Balaban J connectivity index is 0.000000265. The standard InChI is InChI=1S/C7H8O.C6H14O/c8-6-7-4-2-1-3-5-7;1-5(2)7-6(3)4/h1-5,8H,6H2;5-6H,1-4H3. The van der Waals surface area contributed by atoms with Crippen LogP contribution < -0.4 is 0 Å². The molecular formula is C13H22O2. The summed E-state index contributed by atoms with van der Waals surface area (Å²) in [4.78, 5) is 0. The van der Waals surface area contributed by atoms with Crippen LogP contribution in [0.15, 0.2) is 30.3 Å². The molecule has 0 bridgehead atoms. The van der Waals surface area contributed by atoms with E-state index in [0.717, 1.165) is 5.56 Å². The summed E-state index contributed by atoms with van der Waals surface area (Å²) in [6, 6.07) is 9.52. The molecule has 0 saturated carbocycles. The number of ether oxygens (including phenoxy) is 1. The minimum absolute atomic E-state index is 0.140. The van der Waals surface area contributed by atoms with Gasteiger partial charge < -0.3 is 9.84 Å². The van der Waals surface area contributed by atoms with Crippen LogP contribution in [0.1, 0.15) is 33.3 Å². The van der Waals surface area contributed by atoms with Crippen LogP contribution in [0.25, 0.3) is 0 Å². The second kappa shape index (κ2) is 8.45. The maximum Gasteiger partial charge on any atom is 0.0681 e. The zero-order valence-corrected chi connectivity index (χ0v) is 10.1. The zero-order valence-electron chi connectivity index (χ0n) is 10.1. The minimum Gasteiger partial charge on any atom is -0.392 e. The number of aliphatic hydroxyl groups excluding tert-OH is 1. The molecule has 1 N–H and O–H groups in total. The van der Waals surface area contributed by atoms with Crippen LogP contribution in [-0.2, 0) is 11.3 Å². The van der Waals surface area contributed by atoms with E-state index in [-0.39, 0.29) is 6.61 Å². The summed E-state index contributed by atoms with van der Waals surface area (Å²) in [6.45, 7) is 8.31. The fourth-order valence-corrected chi connectivity index (χ4v) is 1.13. The Hall–Kier alpha value is -0.860. The van der Waals surface area contributed by atoms with E-state index in [4.69, 9.17) is 9.84 Å². The Morgan fingerprint density at radius 3 is 1.67 bits per heavy atom.